The molecule has 0 radical (unpaired) electrons. The highest BCUT2D eigenvalue weighted by Crippen LogP contribution is 2.43. The summed E-state index contributed by atoms with van der Waals surface area (Å²) in [6, 6.07) is 2.66. The highest BCUT2D eigenvalue weighted by molar-refractivity contribution is 5.36. The van der Waals surface area contributed by atoms with Crippen LogP contribution in [-0.4, -0.2) is 53.8 Å². The van der Waals surface area contributed by atoms with Crippen molar-refractivity contribution in [2.45, 2.75) is 78.0 Å². The van der Waals surface area contributed by atoms with Crippen LogP contribution in [0.25, 0.3) is 0 Å². The van der Waals surface area contributed by atoms with E-state index in [4.69, 9.17) is 4.98 Å². The number of anilines is 1. The van der Waals surface area contributed by atoms with Crippen molar-refractivity contribution in [2.75, 3.05) is 24.5 Å². The van der Waals surface area contributed by atoms with Crippen LogP contribution in [0, 0.1) is 6.92 Å². The first-order valence-corrected chi connectivity index (χ1v) is 12.2. The standard InChI is InChI=1S/C25H36N8/c1-18(2)32-15-21(13-28-32)14-30-16-22-23(29-20(5)33(22)19(3)4)25(17-30)7-11-31(12-8-25)24-26-9-6-10-27-24/h6,9-10,13,15,18-19H,7-8,11-12,14,16-17H2,1-5H3. The molecule has 0 bridgehead atoms. The molecular weight excluding hydrogens is 412 g/mol. The number of piperidine rings is 1. The van der Waals surface area contributed by atoms with Crippen molar-refractivity contribution in [3.8, 4) is 0 Å². The van der Waals surface area contributed by atoms with Gasteiger partial charge in [0, 0.05) is 74.4 Å². The summed E-state index contributed by atoms with van der Waals surface area (Å²) in [6.07, 6.45) is 10.0. The van der Waals surface area contributed by atoms with E-state index in [0.717, 1.165) is 57.3 Å². The first-order chi connectivity index (χ1) is 15.9. The van der Waals surface area contributed by atoms with Crippen LogP contribution in [0.1, 0.15) is 75.4 Å². The van der Waals surface area contributed by atoms with Gasteiger partial charge in [-0.05, 0) is 53.5 Å². The topological polar surface area (TPSA) is 67.9 Å². The molecule has 3 aromatic rings. The highest BCUT2D eigenvalue weighted by Gasteiger charge is 2.45. The Morgan fingerprint density at radius 3 is 2.39 bits per heavy atom. The predicted octanol–water partition coefficient (Wildman–Crippen LogP) is 3.89. The molecular formula is C25H36N8. The maximum atomic E-state index is 5.19. The Balaban J connectivity index is 1.45. The summed E-state index contributed by atoms with van der Waals surface area (Å²) in [7, 11) is 0. The molecule has 5 rings (SSSR count). The number of aromatic nitrogens is 6. The van der Waals surface area contributed by atoms with Gasteiger partial charge in [-0.25, -0.2) is 15.0 Å². The van der Waals surface area contributed by atoms with E-state index in [1.807, 2.05) is 24.7 Å². The zero-order valence-corrected chi connectivity index (χ0v) is 20.6. The van der Waals surface area contributed by atoms with Crippen LogP contribution in [0.3, 0.4) is 0 Å². The second-order valence-corrected chi connectivity index (χ2v) is 10.3. The summed E-state index contributed by atoms with van der Waals surface area (Å²) < 4.78 is 4.51. The fraction of sp³-hybridized carbons (Fsp3) is 0.600. The quantitative estimate of drug-likeness (QED) is 0.590. The van der Waals surface area contributed by atoms with Crippen LogP contribution in [0.5, 0.6) is 0 Å². The molecule has 2 aliphatic heterocycles. The number of nitrogens with zero attached hydrogens (tertiary/aromatic N) is 8. The number of imidazole rings is 1. The third-order valence-corrected chi connectivity index (χ3v) is 7.25. The van der Waals surface area contributed by atoms with Crippen LogP contribution in [-0.2, 0) is 18.5 Å². The number of fused-ring (bicyclic) bond motifs is 2. The molecule has 0 unspecified atom stereocenters. The molecule has 8 heteroatoms. The van der Waals surface area contributed by atoms with Gasteiger partial charge in [0.25, 0.3) is 0 Å². The molecule has 0 atom stereocenters. The first kappa shape index (κ1) is 22.1. The van der Waals surface area contributed by atoms with Crippen molar-refractivity contribution in [1.82, 2.24) is 34.2 Å². The third-order valence-electron chi connectivity index (χ3n) is 7.25. The SMILES string of the molecule is Cc1nc2c(n1C(C)C)CN(Cc1cnn(C(C)C)c1)CC21CCN(c2ncccn2)CC1. The molecule has 176 valence electrons. The van der Waals surface area contributed by atoms with E-state index in [1.54, 1.807) is 0 Å². The van der Waals surface area contributed by atoms with E-state index >= 15 is 0 Å². The largest absolute Gasteiger partial charge is 0.341 e. The van der Waals surface area contributed by atoms with Gasteiger partial charge in [-0.3, -0.25) is 9.58 Å². The lowest BCUT2D eigenvalue weighted by Crippen LogP contribution is -2.52. The number of hydrogen-bond acceptors (Lipinski definition) is 6. The lowest BCUT2D eigenvalue weighted by Gasteiger charge is -2.47. The monoisotopic (exact) mass is 448 g/mol. The molecule has 1 saturated heterocycles. The maximum absolute atomic E-state index is 5.19. The van der Waals surface area contributed by atoms with E-state index in [0.29, 0.717) is 12.1 Å². The van der Waals surface area contributed by atoms with Crippen molar-refractivity contribution >= 4 is 5.95 Å². The third kappa shape index (κ3) is 4.05. The maximum Gasteiger partial charge on any atom is 0.225 e. The van der Waals surface area contributed by atoms with E-state index in [-0.39, 0.29) is 5.41 Å². The summed E-state index contributed by atoms with van der Waals surface area (Å²) in [5.74, 6) is 1.97. The van der Waals surface area contributed by atoms with Crippen molar-refractivity contribution in [1.29, 1.82) is 0 Å². The van der Waals surface area contributed by atoms with Gasteiger partial charge < -0.3 is 9.47 Å². The molecule has 33 heavy (non-hydrogen) atoms. The van der Waals surface area contributed by atoms with Gasteiger partial charge in [-0.2, -0.15) is 5.10 Å². The molecule has 1 spiro atoms. The Kier molecular flexibility index (Phi) is 5.72. The summed E-state index contributed by atoms with van der Waals surface area (Å²) in [5, 5.41) is 4.57. The molecule has 8 nitrogen and oxygen atoms in total. The lowest BCUT2D eigenvalue weighted by molar-refractivity contribution is 0.138. The van der Waals surface area contributed by atoms with Gasteiger partial charge in [0.2, 0.25) is 5.95 Å². The normalized spacial score (nSPS) is 18.5. The minimum absolute atomic E-state index is 0.0673. The molecule has 0 aliphatic carbocycles. The van der Waals surface area contributed by atoms with Crippen LogP contribution >= 0.6 is 0 Å². The molecule has 2 aliphatic rings. The summed E-state index contributed by atoms with van der Waals surface area (Å²) >= 11 is 0. The van der Waals surface area contributed by atoms with E-state index < -0.39 is 0 Å². The van der Waals surface area contributed by atoms with Gasteiger partial charge in [-0.15, -0.1) is 0 Å². The van der Waals surface area contributed by atoms with Gasteiger partial charge in [-0.1, -0.05) is 0 Å². The second-order valence-electron chi connectivity index (χ2n) is 10.3. The first-order valence-electron chi connectivity index (χ1n) is 12.2. The zero-order chi connectivity index (χ0) is 23.2. The van der Waals surface area contributed by atoms with Gasteiger partial charge in [0.1, 0.15) is 5.82 Å². The van der Waals surface area contributed by atoms with Gasteiger partial charge >= 0.3 is 0 Å². The number of rotatable bonds is 5. The van der Waals surface area contributed by atoms with Crippen molar-refractivity contribution in [2.24, 2.45) is 0 Å². The summed E-state index contributed by atoms with van der Waals surface area (Å²) in [6.45, 7) is 15.8. The summed E-state index contributed by atoms with van der Waals surface area (Å²) in [5.41, 5.74) is 4.08. The van der Waals surface area contributed by atoms with Crippen LogP contribution in [0.4, 0.5) is 5.95 Å². The Labute approximate surface area is 196 Å². The lowest BCUT2D eigenvalue weighted by atomic mass is 9.72. The Morgan fingerprint density at radius 1 is 1.03 bits per heavy atom. The minimum Gasteiger partial charge on any atom is -0.341 e. The summed E-state index contributed by atoms with van der Waals surface area (Å²) in [4.78, 5) is 19.1. The molecule has 0 amide bonds. The van der Waals surface area contributed by atoms with Crippen LogP contribution < -0.4 is 4.90 Å². The highest BCUT2D eigenvalue weighted by atomic mass is 15.3. The van der Waals surface area contributed by atoms with E-state index in [1.165, 1.54) is 17.0 Å². The fourth-order valence-corrected chi connectivity index (χ4v) is 5.72. The Morgan fingerprint density at radius 2 is 1.76 bits per heavy atom. The average Bonchev–Trinajstić information content (AvgIpc) is 3.39. The molecule has 0 N–H and O–H groups in total. The van der Waals surface area contributed by atoms with Crippen LogP contribution in [0.15, 0.2) is 30.9 Å². The predicted molar refractivity (Wildman–Crippen MR) is 129 cm³/mol. The number of hydrogen-bond donors (Lipinski definition) is 0. The molecule has 1 fully saturated rings. The van der Waals surface area contributed by atoms with Crippen molar-refractivity contribution < 1.29 is 0 Å². The Bertz CT molecular complexity index is 1090. The smallest absolute Gasteiger partial charge is 0.225 e. The molecule has 3 aromatic heterocycles. The number of aryl methyl sites for hydroxylation is 1. The minimum atomic E-state index is 0.0673. The average molecular weight is 449 g/mol. The van der Waals surface area contributed by atoms with Crippen LogP contribution in [0.2, 0.25) is 0 Å². The van der Waals surface area contributed by atoms with Gasteiger partial charge in [0.05, 0.1) is 17.6 Å². The second kappa shape index (κ2) is 8.56. The molecule has 5 heterocycles. The van der Waals surface area contributed by atoms with Gasteiger partial charge in [0.15, 0.2) is 0 Å². The molecule has 0 saturated carbocycles. The van der Waals surface area contributed by atoms with Crippen molar-refractivity contribution in [3.63, 3.8) is 0 Å². The van der Waals surface area contributed by atoms with Crippen molar-refractivity contribution in [3.05, 3.63) is 53.6 Å². The Hall–Kier alpha value is -2.74. The fourth-order valence-electron chi connectivity index (χ4n) is 5.72. The molecule has 0 aromatic carbocycles. The van der Waals surface area contributed by atoms with E-state index in [2.05, 4.69) is 74.9 Å². The van der Waals surface area contributed by atoms with E-state index in [9.17, 15) is 0 Å². The zero-order valence-electron chi connectivity index (χ0n) is 20.6.